The maximum absolute atomic E-state index is 9.01. The molecule has 0 unspecified atom stereocenters. The fourth-order valence-corrected chi connectivity index (χ4v) is 1.93. The van der Waals surface area contributed by atoms with E-state index >= 15 is 0 Å². The first-order valence-electron chi connectivity index (χ1n) is 6.24. The summed E-state index contributed by atoms with van der Waals surface area (Å²) >= 11 is 0. The second-order valence-corrected chi connectivity index (χ2v) is 4.48. The lowest BCUT2D eigenvalue weighted by molar-refractivity contribution is 0.282. The number of aliphatic hydroxyl groups excluding tert-OH is 1. The van der Waals surface area contributed by atoms with Crippen LogP contribution in [0, 0.1) is 0 Å². The van der Waals surface area contributed by atoms with E-state index in [-0.39, 0.29) is 6.61 Å². The topological polar surface area (TPSA) is 23.5 Å². The van der Waals surface area contributed by atoms with Gasteiger partial charge in [0.25, 0.3) is 0 Å². The first-order chi connectivity index (χ1) is 8.79. The van der Waals surface area contributed by atoms with Crippen LogP contribution >= 0.6 is 0 Å². The zero-order valence-electron chi connectivity index (χ0n) is 10.7. The van der Waals surface area contributed by atoms with Gasteiger partial charge >= 0.3 is 0 Å². The van der Waals surface area contributed by atoms with Gasteiger partial charge in [-0.1, -0.05) is 42.5 Å². The summed E-state index contributed by atoms with van der Waals surface area (Å²) in [5.41, 5.74) is 3.50. The van der Waals surface area contributed by atoms with Crippen molar-refractivity contribution in [3.63, 3.8) is 0 Å². The van der Waals surface area contributed by atoms with Crippen LogP contribution in [0.3, 0.4) is 0 Å². The molecule has 0 atom stereocenters. The molecule has 2 heteroatoms. The minimum atomic E-state index is 0.105. The van der Waals surface area contributed by atoms with Crippen molar-refractivity contribution < 1.29 is 5.11 Å². The molecule has 2 nitrogen and oxygen atoms in total. The molecular weight excluding hydrogens is 222 g/mol. The summed E-state index contributed by atoms with van der Waals surface area (Å²) in [6, 6.07) is 18.5. The molecule has 0 spiro atoms. The van der Waals surface area contributed by atoms with Crippen molar-refractivity contribution in [2.75, 3.05) is 18.5 Å². The Kier molecular flexibility index (Phi) is 4.37. The van der Waals surface area contributed by atoms with Crippen LogP contribution in [0.25, 0.3) is 0 Å². The van der Waals surface area contributed by atoms with Gasteiger partial charge in [0.05, 0.1) is 6.61 Å². The molecule has 1 N–H and O–H groups in total. The quantitative estimate of drug-likeness (QED) is 0.870. The van der Waals surface area contributed by atoms with E-state index in [2.05, 4.69) is 48.3 Å². The molecule has 2 aromatic rings. The summed E-state index contributed by atoms with van der Waals surface area (Å²) in [6.45, 7) is 1.09. The van der Waals surface area contributed by atoms with Crippen molar-refractivity contribution in [2.45, 2.75) is 13.0 Å². The van der Waals surface area contributed by atoms with Crippen LogP contribution in [0.15, 0.2) is 54.6 Å². The van der Waals surface area contributed by atoms with Gasteiger partial charge in [-0.15, -0.1) is 0 Å². The Morgan fingerprint density at radius 2 is 1.56 bits per heavy atom. The molecule has 18 heavy (non-hydrogen) atoms. The second kappa shape index (κ2) is 6.22. The Bertz CT molecular complexity index is 464. The minimum Gasteiger partial charge on any atom is -0.392 e. The van der Waals surface area contributed by atoms with Gasteiger partial charge in [-0.05, 0) is 29.7 Å². The summed E-state index contributed by atoms with van der Waals surface area (Å²) in [5.74, 6) is 0. The van der Waals surface area contributed by atoms with Gasteiger partial charge in [0.2, 0.25) is 0 Å². The lowest BCUT2D eigenvalue weighted by Gasteiger charge is -2.19. The normalized spacial score (nSPS) is 10.3. The van der Waals surface area contributed by atoms with Crippen molar-refractivity contribution in [3.8, 4) is 0 Å². The van der Waals surface area contributed by atoms with Crippen LogP contribution in [0.1, 0.15) is 11.1 Å². The fourth-order valence-electron chi connectivity index (χ4n) is 1.93. The molecule has 2 rings (SSSR count). The highest BCUT2D eigenvalue weighted by molar-refractivity contribution is 5.46. The van der Waals surface area contributed by atoms with Gasteiger partial charge in [0.15, 0.2) is 0 Å². The summed E-state index contributed by atoms with van der Waals surface area (Å²) < 4.78 is 0. The maximum atomic E-state index is 9.01. The average molecular weight is 241 g/mol. The van der Waals surface area contributed by atoms with E-state index in [0.717, 1.165) is 18.5 Å². The maximum Gasteiger partial charge on any atom is 0.0681 e. The molecule has 0 saturated carbocycles. The van der Waals surface area contributed by atoms with E-state index in [1.807, 2.05) is 18.2 Å². The standard InChI is InChI=1S/C16H19NO/c1-17(12-11-14-5-3-2-4-6-14)16-9-7-15(13-18)8-10-16/h2-10,18H,11-13H2,1H3. The third-order valence-corrected chi connectivity index (χ3v) is 3.14. The van der Waals surface area contributed by atoms with Gasteiger partial charge in [-0.3, -0.25) is 0 Å². The zero-order chi connectivity index (χ0) is 12.8. The van der Waals surface area contributed by atoms with Gasteiger partial charge in [0.1, 0.15) is 0 Å². The number of aliphatic hydroxyl groups is 1. The average Bonchev–Trinajstić information content (AvgIpc) is 2.46. The van der Waals surface area contributed by atoms with Crippen molar-refractivity contribution in [2.24, 2.45) is 0 Å². The van der Waals surface area contributed by atoms with Gasteiger partial charge in [-0.25, -0.2) is 0 Å². The van der Waals surface area contributed by atoms with E-state index in [1.165, 1.54) is 11.3 Å². The molecule has 0 aliphatic heterocycles. The predicted molar refractivity (Wildman–Crippen MR) is 75.8 cm³/mol. The SMILES string of the molecule is CN(CCc1ccccc1)c1ccc(CO)cc1. The van der Waals surface area contributed by atoms with Crippen molar-refractivity contribution in [1.29, 1.82) is 0 Å². The third kappa shape index (κ3) is 3.34. The molecule has 0 amide bonds. The molecular formula is C16H19NO. The zero-order valence-corrected chi connectivity index (χ0v) is 10.7. The van der Waals surface area contributed by atoms with E-state index < -0.39 is 0 Å². The number of nitrogens with zero attached hydrogens (tertiary/aromatic N) is 1. The van der Waals surface area contributed by atoms with E-state index in [9.17, 15) is 0 Å². The number of anilines is 1. The Hall–Kier alpha value is -1.80. The van der Waals surface area contributed by atoms with Gasteiger partial charge in [-0.2, -0.15) is 0 Å². The van der Waals surface area contributed by atoms with Crippen LogP contribution in [-0.2, 0) is 13.0 Å². The summed E-state index contributed by atoms with van der Waals surface area (Å²) in [5, 5.41) is 9.01. The molecule has 0 radical (unpaired) electrons. The number of rotatable bonds is 5. The summed E-state index contributed by atoms with van der Waals surface area (Å²) in [6.07, 6.45) is 1.04. The van der Waals surface area contributed by atoms with Crippen LogP contribution in [-0.4, -0.2) is 18.7 Å². The second-order valence-electron chi connectivity index (χ2n) is 4.48. The smallest absolute Gasteiger partial charge is 0.0681 e. The van der Waals surface area contributed by atoms with Crippen molar-refractivity contribution >= 4 is 5.69 Å². The van der Waals surface area contributed by atoms with Crippen LogP contribution in [0.5, 0.6) is 0 Å². The van der Waals surface area contributed by atoms with Crippen molar-refractivity contribution in [3.05, 3.63) is 65.7 Å². The monoisotopic (exact) mass is 241 g/mol. The Morgan fingerprint density at radius 1 is 0.889 bits per heavy atom. The molecule has 0 heterocycles. The molecule has 94 valence electrons. The largest absolute Gasteiger partial charge is 0.392 e. The highest BCUT2D eigenvalue weighted by Gasteiger charge is 2.01. The molecule has 0 saturated heterocycles. The van der Waals surface area contributed by atoms with Gasteiger partial charge < -0.3 is 10.0 Å². The van der Waals surface area contributed by atoms with Crippen LogP contribution in [0.2, 0.25) is 0 Å². The first-order valence-corrected chi connectivity index (χ1v) is 6.24. The predicted octanol–water partition coefficient (Wildman–Crippen LogP) is 2.86. The molecule has 0 aliphatic carbocycles. The van der Waals surface area contributed by atoms with E-state index in [0.29, 0.717) is 0 Å². The van der Waals surface area contributed by atoms with E-state index in [1.54, 1.807) is 0 Å². The molecule has 2 aromatic carbocycles. The highest BCUT2D eigenvalue weighted by Crippen LogP contribution is 2.14. The number of hydrogen-bond donors (Lipinski definition) is 1. The highest BCUT2D eigenvalue weighted by atomic mass is 16.3. The summed E-state index contributed by atoms with van der Waals surface area (Å²) in [7, 11) is 2.09. The van der Waals surface area contributed by atoms with Crippen LogP contribution in [0.4, 0.5) is 5.69 Å². The number of benzene rings is 2. The lowest BCUT2D eigenvalue weighted by Crippen LogP contribution is -2.20. The Morgan fingerprint density at radius 3 is 2.17 bits per heavy atom. The number of hydrogen-bond acceptors (Lipinski definition) is 2. The molecule has 0 aliphatic rings. The lowest BCUT2D eigenvalue weighted by atomic mass is 10.1. The van der Waals surface area contributed by atoms with Crippen LogP contribution < -0.4 is 4.90 Å². The summed E-state index contributed by atoms with van der Waals surface area (Å²) in [4.78, 5) is 2.23. The first kappa shape index (κ1) is 12.7. The van der Waals surface area contributed by atoms with E-state index in [4.69, 9.17) is 5.11 Å². The molecule has 0 bridgehead atoms. The van der Waals surface area contributed by atoms with Crippen molar-refractivity contribution in [1.82, 2.24) is 0 Å². The third-order valence-electron chi connectivity index (χ3n) is 3.14. The molecule has 0 fully saturated rings. The fraction of sp³-hybridized carbons (Fsp3) is 0.250. The Labute approximate surface area is 109 Å². The minimum absolute atomic E-state index is 0.105. The molecule has 0 aromatic heterocycles. The Balaban J connectivity index is 1.93. The van der Waals surface area contributed by atoms with Gasteiger partial charge in [0, 0.05) is 19.3 Å². The number of likely N-dealkylation sites (N-methyl/N-ethyl adjacent to an activating group) is 1.